The summed E-state index contributed by atoms with van der Waals surface area (Å²) in [6.45, 7) is 4.30. The second-order valence-corrected chi connectivity index (χ2v) is 7.47. The number of aliphatic imine (C=N–C) groups is 1. The van der Waals surface area contributed by atoms with Crippen molar-refractivity contribution in [2.45, 2.75) is 83.3 Å². The molecule has 2 aliphatic rings. The first-order valence-electron chi connectivity index (χ1n) is 8.35. The molecule has 1 saturated carbocycles. The number of piperidine rings is 1. The first kappa shape index (κ1) is 16.7. The largest absolute Gasteiger partial charge is 0.379 e. The molecule has 1 aliphatic carbocycles. The van der Waals surface area contributed by atoms with Gasteiger partial charge in [0.05, 0.1) is 11.8 Å². The summed E-state index contributed by atoms with van der Waals surface area (Å²) < 4.78 is 0. The fourth-order valence-corrected chi connectivity index (χ4v) is 4.19. The Morgan fingerprint density at radius 2 is 1.71 bits per heavy atom. The highest BCUT2D eigenvalue weighted by atomic mass is 32.2. The third kappa shape index (κ3) is 4.90. The molecule has 5 heteroatoms. The number of hydrogen-bond donors (Lipinski definition) is 1. The van der Waals surface area contributed by atoms with Crippen molar-refractivity contribution in [3.05, 3.63) is 0 Å². The second-order valence-electron chi connectivity index (χ2n) is 6.48. The van der Waals surface area contributed by atoms with Crippen molar-refractivity contribution >= 4 is 22.8 Å². The molecule has 1 aliphatic heterocycles. The van der Waals surface area contributed by atoms with Gasteiger partial charge in [0.25, 0.3) is 0 Å². The van der Waals surface area contributed by atoms with Gasteiger partial charge in [-0.2, -0.15) is 0 Å². The minimum Gasteiger partial charge on any atom is -0.379 e. The zero-order valence-electron chi connectivity index (χ0n) is 13.4. The molecular formula is C16H29N3OS. The monoisotopic (exact) mass is 311 g/mol. The van der Waals surface area contributed by atoms with E-state index >= 15 is 0 Å². The Kier molecular flexibility index (Phi) is 6.40. The molecule has 120 valence electrons. The van der Waals surface area contributed by atoms with Gasteiger partial charge in [-0.1, -0.05) is 31.0 Å². The van der Waals surface area contributed by atoms with E-state index in [0.29, 0.717) is 29.0 Å². The van der Waals surface area contributed by atoms with E-state index in [1.165, 1.54) is 37.4 Å². The molecule has 0 bridgehead atoms. The van der Waals surface area contributed by atoms with E-state index < -0.39 is 0 Å². The number of thioether (sulfide) groups is 1. The smallest absolute Gasteiger partial charge is 0.233 e. The Hall–Kier alpha value is -0.710. The lowest BCUT2D eigenvalue weighted by atomic mass is 9.96. The maximum Gasteiger partial charge on any atom is 0.233 e. The predicted octanol–water partition coefficient (Wildman–Crippen LogP) is 3.16. The molecule has 1 heterocycles. The summed E-state index contributed by atoms with van der Waals surface area (Å²) in [7, 11) is 0. The lowest BCUT2D eigenvalue weighted by molar-refractivity contribution is -0.134. The van der Waals surface area contributed by atoms with E-state index in [4.69, 9.17) is 5.73 Å². The molecule has 0 aromatic carbocycles. The van der Waals surface area contributed by atoms with Gasteiger partial charge in [-0.3, -0.25) is 9.79 Å². The van der Waals surface area contributed by atoms with Crippen molar-refractivity contribution in [2.24, 2.45) is 10.7 Å². The molecular weight excluding hydrogens is 282 g/mol. The summed E-state index contributed by atoms with van der Waals surface area (Å²) in [5.74, 6) is 0.637. The van der Waals surface area contributed by atoms with Gasteiger partial charge in [0, 0.05) is 12.1 Å². The van der Waals surface area contributed by atoms with E-state index in [0.717, 1.165) is 25.7 Å². The number of nitrogens with zero attached hydrogens (tertiary/aromatic N) is 2. The average Bonchev–Trinajstić information content (AvgIpc) is 2.46. The zero-order valence-corrected chi connectivity index (χ0v) is 14.2. The van der Waals surface area contributed by atoms with Gasteiger partial charge in [0.2, 0.25) is 5.91 Å². The third-order valence-corrected chi connectivity index (χ3v) is 5.50. The van der Waals surface area contributed by atoms with Crippen LogP contribution < -0.4 is 5.73 Å². The molecule has 21 heavy (non-hydrogen) atoms. The number of carbonyl (C=O) groups excluding carboxylic acids is 1. The standard InChI is InChI=1S/C16H29N3OS/c1-12-7-6-8-13(2)19(12)15(20)11-21-16(17)18-14-9-4-3-5-10-14/h12-14H,3-11H2,1-2H3,(H2,17,18)/t12-,13-/m0/s1. The maximum atomic E-state index is 12.4. The van der Waals surface area contributed by atoms with Crippen molar-refractivity contribution in [1.82, 2.24) is 4.90 Å². The number of amidine groups is 1. The summed E-state index contributed by atoms with van der Waals surface area (Å²) in [6.07, 6.45) is 9.60. The van der Waals surface area contributed by atoms with E-state index in [-0.39, 0.29) is 5.91 Å². The molecule has 0 radical (unpaired) electrons. The molecule has 0 aromatic heterocycles. The lowest BCUT2D eigenvalue weighted by Crippen LogP contribution is -2.48. The number of carbonyl (C=O) groups is 1. The summed E-state index contributed by atoms with van der Waals surface area (Å²) >= 11 is 1.41. The van der Waals surface area contributed by atoms with Crippen LogP contribution in [0.2, 0.25) is 0 Å². The van der Waals surface area contributed by atoms with E-state index in [2.05, 4.69) is 18.8 Å². The highest BCUT2D eigenvalue weighted by Gasteiger charge is 2.28. The molecule has 2 N–H and O–H groups in total. The maximum absolute atomic E-state index is 12.4. The number of nitrogens with two attached hydrogens (primary N) is 1. The van der Waals surface area contributed by atoms with Crippen molar-refractivity contribution in [3.8, 4) is 0 Å². The first-order valence-corrected chi connectivity index (χ1v) is 9.33. The van der Waals surface area contributed by atoms with Crippen LogP contribution in [0.3, 0.4) is 0 Å². The second kappa shape index (κ2) is 8.06. The topological polar surface area (TPSA) is 58.7 Å². The van der Waals surface area contributed by atoms with E-state index in [9.17, 15) is 4.79 Å². The number of amides is 1. The van der Waals surface area contributed by atoms with Crippen molar-refractivity contribution < 1.29 is 4.79 Å². The molecule has 2 atom stereocenters. The van der Waals surface area contributed by atoms with Crippen LogP contribution in [0.25, 0.3) is 0 Å². The third-order valence-electron chi connectivity index (χ3n) is 4.71. The highest BCUT2D eigenvalue weighted by molar-refractivity contribution is 8.14. The summed E-state index contributed by atoms with van der Waals surface area (Å²) in [6, 6.07) is 1.10. The van der Waals surface area contributed by atoms with Gasteiger partial charge in [0.15, 0.2) is 5.17 Å². The average molecular weight is 311 g/mol. The van der Waals surface area contributed by atoms with Crippen molar-refractivity contribution in [3.63, 3.8) is 0 Å². The zero-order chi connectivity index (χ0) is 15.2. The van der Waals surface area contributed by atoms with E-state index in [1.807, 2.05) is 4.90 Å². The Labute approximate surface area is 132 Å². The van der Waals surface area contributed by atoms with Crippen LogP contribution in [0, 0.1) is 0 Å². The molecule has 2 rings (SSSR count). The molecule has 0 aromatic rings. The quantitative estimate of drug-likeness (QED) is 0.643. The van der Waals surface area contributed by atoms with Crippen molar-refractivity contribution in [2.75, 3.05) is 5.75 Å². The van der Waals surface area contributed by atoms with Gasteiger partial charge >= 0.3 is 0 Å². The Morgan fingerprint density at radius 1 is 1.10 bits per heavy atom. The van der Waals surface area contributed by atoms with E-state index in [1.54, 1.807) is 0 Å². The van der Waals surface area contributed by atoms with Crippen molar-refractivity contribution in [1.29, 1.82) is 0 Å². The van der Waals surface area contributed by atoms with Crippen LogP contribution in [0.1, 0.15) is 65.2 Å². The van der Waals surface area contributed by atoms with Crippen LogP contribution in [-0.2, 0) is 4.79 Å². The number of likely N-dealkylation sites (tertiary alicyclic amines) is 1. The predicted molar refractivity (Wildman–Crippen MR) is 90.6 cm³/mol. The molecule has 4 nitrogen and oxygen atoms in total. The van der Waals surface area contributed by atoms with Gasteiger partial charge in [-0.25, -0.2) is 0 Å². The summed E-state index contributed by atoms with van der Waals surface area (Å²) in [5.41, 5.74) is 5.99. The highest BCUT2D eigenvalue weighted by Crippen LogP contribution is 2.24. The Bertz CT molecular complexity index is 370. The van der Waals surface area contributed by atoms with Gasteiger partial charge < -0.3 is 10.6 Å². The Balaban J connectivity index is 1.80. The first-order chi connectivity index (χ1) is 10.1. The Morgan fingerprint density at radius 3 is 2.33 bits per heavy atom. The number of hydrogen-bond acceptors (Lipinski definition) is 3. The minimum absolute atomic E-state index is 0.210. The van der Waals surface area contributed by atoms with Crippen LogP contribution in [0.4, 0.5) is 0 Å². The molecule has 1 saturated heterocycles. The van der Waals surface area contributed by atoms with Crippen LogP contribution in [0.15, 0.2) is 4.99 Å². The van der Waals surface area contributed by atoms with Gasteiger partial charge in [-0.15, -0.1) is 0 Å². The lowest BCUT2D eigenvalue weighted by Gasteiger charge is -2.39. The van der Waals surface area contributed by atoms with Crippen LogP contribution >= 0.6 is 11.8 Å². The SMILES string of the molecule is C[C@H]1CCC[C@H](C)N1C(=O)CSC(N)=NC1CCCCC1. The minimum atomic E-state index is 0.210. The fourth-order valence-electron chi connectivity index (χ4n) is 3.55. The fraction of sp³-hybridized carbons (Fsp3) is 0.875. The molecule has 1 amide bonds. The van der Waals surface area contributed by atoms with Crippen LogP contribution in [-0.4, -0.2) is 39.9 Å². The van der Waals surface area contributed by atoms with Gasteiger partial charge in [0.1, 0.15) is 0 Å². The molecule has 2 fully saturated rings. The van der Waals surface area contributed by atoms with Crippen LogP contribution in [0.5, 0.6) is 0 Å². The number of rotatable bonds is 3. The summed E-state index contributed by atoms with van der Waals surface area (Å²) in [4.78, 5) is 19.0. The van der Waals surface area contributed by atoms with Gasteiger partial charge in [-0.05, 0) is 46.0 Å². The normalized spacial score (nSPS) is 28.7. The summed E-state index contributed by atoms with van der Waals surface area (Å²) in [5, 5.41) is 0.590. The molecule has 0 unspecified atom stereocenters. The molecule has 0 spiro atoms.